The fraction of sp³-hybridized carbons (Fsp3) is 0.167. The highest BCUT2D eigenvalue weighted by Crippen LogP contribution is 2.21. The van der Waals surface area contributed by atoms with Crippen molar-refractivity contribution in [1.82, 2.24) is 4.98 Å². The van der Waals surface area contributed by atoms with Crippen LogP contribution in [0.15, 0.2) is 6.07 Å². The molecule has 0 amide bonds. The summed E-state index contributed by atoms with van der Waals surface area (Å²) in [5.74, 6) is -5.01. The van der Waals surface area contributed by atoms with Crippen LogP contribution < -0.4 is 0 Å². The number of hydrogen-bond donors (Lipinski definition) is 0. The second kappa shape index (κ2) is 3.04. The smallest absolute Gasteiger partial charge is 0.205 e. The fourth-order valence-corrected chi connectivity index (χ4v) is 0.613. The molecule has 6 heteroatoms. The minimum Gasteiger partial charge on any atom is -0.205 e. The highest BCUT2D eigenvalue weighted by molar-refractivity contribution is 5.14. The summed E-state index contributed by atoms with van der Waals surface area (Å²) >= 11 is 0. The Bertz CT molecular complexity index is 298. The molecule has 1 rings (SSSR count). The van der Waals surface area contributed by atoms with Crippen molar-refractivity contribution < 1.29 is 22.0 Å². The maximum Gasteiger partial charge on any atom is 0.268 e. The summed E-state index contributed by atoms with van der Waals surface area (Å²) < 4.78 is 60.1. The van der Waals surface area contributed by atoms with E-state index in [-0.39, 0.29) is 6.07 Å². The van der Waals surface area contributed by atoms with Crippen molar-refractivity contribution >= 4 is 0 Å². The van der Waals surface area contributed by atoms with Crippen molar-refractivity contribution in [3.63, 3.8) is 0 Å². The first-order chi connectivity index (χ1) is 5.52. The molecule has 0 unspecified atom stereocenters. The number of hydrogen-bond acceptors (Lipinski definition) is 1. The summed E-state index contributed by atoms with van der Waals surface area (Å²) in [5, 5.41) is 0. The van der Waals surface area contributed by atoms with E-state index in [1.54, 1.807) is 0 Å². The third kappa shape index (κ3) is 1.51. The fourth-order valence-electron chi connectivity index (χ4n) is 0.613. The number of rotatable bonds is 1. The normalized spacial score (nSPS) is 10.8. The Morgan fingerprint density at radius 2 is 1.67 bits per heavy atom. The third-order valence-electron chi connectivity index (χ3n) is 1.15. The van der Waals surface area contributed by atoms with Gasteiger partial charge >= 0.3 is 0 Å². The van der Waals surface area contributed by atoms with Gasteiger partial charge in [0.1, 0.15) is 0 Å². The Balaban J connectivity index is 3.23. The molecule has 0 radical (unpaired) electrons. The van der Waals surface area contributed by atoms with E-state index in [9.17, 15) is 22.0 Å². The molecular formula is C6H2F5N. The minimum absolute atomic E-state index is 0.0856. The van der Waals surface area contributed by atoms with Gasteiger partial charge in [-0.05, 0) is 6.07 Å². The van der Waals surface area contributed by atoms with Crippen molar-refractivity contribution in [2.24, 2.45) is 0 Å². The van der Waals surface area contributed by atoms with Gasteiger partial charge in [0.15, 0.2) is 5.82 Å². The van der Waals surface area contributed by atoms with E-state index in [0.717, 1.165) is 0 Å². The van der Waals surface area contributed by atoms with Crippen molar-refractivity contribution in [3.05, 3.63) is 29.3 Å². The summed E-state index contributed by atoms with van der Waals surface area (Å²) in [6, 6.07) is 0.0856. The summed E-state index contributed by atoms with van der Waals surface area (Å²) in [5.41, 5.74) is -1.24. The van der Waals surface area contributed by atoms with Gasteiger partial charge in [0.2, 0.25) is 5.95 Å². The monoisotopic (exact) mass is 183 g/mol. The van der Waals surface area contributed by atoms with Crippen LogP contribution in [0.2, 0.25) is 0 Å². The zero-order chi connectivity index (χ0) is 9.30. The summed E-state index contributed by atoms with van der Waals surface area (Å²) in [6.45, 7) is 0. The first-order valence-electron chi connectivity index (χ1n) is 2.82. The van der Waals surface area contributed by atoms with Gasteiger partial charge in [-0.1, -0.05) is 0 Å². The Hall–Kier alpha value is -1.20. The average Bonchev–Trinajstić information content (AvgIpc) is 1.96. The molecule has 1 nitrogen and oxygen atoms in total. The second-order valence-electron chi connectivity index (χ2n) is 1.94. The van der Waals surface area contributed by atoms with Crippen molar-refractivity contribution in [1.29, 1.82) is 0 Å². The van der Waals surface area contributed by atoms with Crippen LogP contribution in [0.1, 0.15) is 12.0 Å². The molecule has 12 heavy (non-hydrogen) atoms. The van der Waals surface area contributed by atoms with Crippen LogP contribution in [-0.2, 0) is 0 Å². The Morgan fingerprint density at radius 1 is 1.08 bits per heavy atom. The van der Waals surface area contributed by atoms with Crippen LogP contribution >= 0.6 is 0 Å². The van der Waals surface area contributed by atoms with Gasteiger partial charge in [-0.15, -0.1) is 0 Å². The van der Waals surface area contributed by atoms with Gasteiger partial charge in [-0.2, -0.15) is 13.8 Å². The van der Waals surface area contributed by atoms with E-state index in [2.05, 4.69) is 4.98 Å². The largest absolute Gasteiger partial charge is 0.268 e. The van der Waals surface area contributed by atoms with Crippen molar-refractivity contribution in [3.8, 4) is 0 Å². The average molecular weight is 183 g/mol. The van der Waals surface area contributed by atoms with E-state index in [4.69, 9.17) is 0 Å². The Kier molecular flexibility index (Phi) is 2.25. The number of pyridine rings is 1. The van der Waals surface area contributed by atoms with Crippen LogP contribution in [0.5, 0.6) is 0 Å². The summed E-state index contributed by atoms with van der Waals surface area (Å²) in [6.07, 6.45) is -3.20. The predicted octanol–water partition coefficient (Wildman–Crippen LogP) is 2.44. The lowest BCUT2D eigenvalue weighted by Gasteiger charge is -2.00. The van der Waals surface area contributed by atoms with Crippen LogP contribution in [0.3, 0.4) is 0 Å². The van der Waals surface area contributed by atoms with Gasteiger partial charge in [0.05, 0.1) is 5.56 Å². The van der Waals surface area contributed by atoms with Gasteiger partial charge < -0.3 is 0 Å². The highest BCUT2D eigenvalue weighted by Gasteiger charge is 2.18. The van der Waals surface area contributed by atoms with Crippen molar-refractivity contribution in [2.45, 2.75) is 6.43 Å². The molecule has 0 aliphatic carbocycles. The van der Waals surface area contributed by atoms with Gasteiger partial charge in [0, 0.05) is 0 Å². The molecule has 0 bridgehead atoms. The maximum atomic E-state index is 12.3. The molecule has 0 aromatic carbocycles. The second-order valence-corrected chi connectivity index (χ2v) is 1.94. The first-order valence-corrected chi connectivity index (χ1v) is 2.82. The van der Waals surface area contributed by atoms with Gasteiger partial charge in [0.25, 0.3) is 12.4 Å². The van der Waals surface area contributed by atoms with Crippen LogP contribution in [-0.4, -0.2) is 4.98 Å². The SMILES string of the molecule is Fc1cc(C(F)F)c(F)nc1F. The molecule has 0 atom stereocenters. The molecule has 0 N–H and O–H groups in total. The molecule has 1 heterocycles. The molecule has 66 valence electrons. The van der Waals surface area contributed by atoms with E-state index < -0.39 is 29.7 Å². The number of nitrogens with zero attached hydrogens (tertiary/aromatic N) is 1. The van der Waals surface area contributed by atoms with Gasteiger partial charge in [-0.25, -0.2) is 13.2 Å². The third-order valence-corrected chi connectivity index (χ3v) is 1.15. The Morgan fingerprint density at radius 3 is 2.17 bits per heavy atom. The molecule has 0 fully saturated rings. The predicted molar refractivity (Wildman–Crippen MR) is 29.1 cm³/mol. The van der Waals surface area contributed by atoms with E-state index in [1.807, 2.05) is 0 Å². The first kappa shape index (κ1) is 8.89. The lowest BCUT2D eigenvalue weighted by molar-refractivity contribution is 0.143. The molecule has 0 aliphatic rings. The molecular weight excluding hydrogens is 181 g/mol. The standard InChI is InChI=1S/C6H2F5N/c7-3-1-2(4(8)9)5(10)12-6(3)11/h1,4H. The van der Waals surface area contributed by atoms with Gasteiger partial charge in [-0.3, -0.25) is 0 Å². The molecule has 1 aromatic rings. The number of aromatic nitrogens is 1. The topological polar surface area (TPSA) is 12.9 Å². The van der Waals surface area contributed by atoms with E-state index in [1.165, 1.54) is 0 Å². The highest BCUT2D eigenvalue weighted by atomic mass is 19.3. The van der Waals surface area contributed by atoms with Crippen molar-refractivity contribution in [2.75, 3.05) is 0 Å². The number of halogens is 5. The molecule has 0 aliphatic heterocycles. The quantitative estimate of drug-likeness (QED) is 0.481. The zero-order valence-corrected chi connectivity index (χ0v) is 5.49. The van der Waals surface area contributed by atoms with E-state index in [0.29, 0.717) is 0 Å². The lowest BCUT2D eigenvalue weighted by Crippen LogP contribution is -2.00. The van der Waals surface area contributed by atoms with Crippen LogP contribution in [0.25, 0.3) is 0 Å². The molecule has 0 saturated carbocycles. The zero-order valence-electron chi connectivity index (χ0n) is 5.49. The lowest BCUT2D eigenvalue weighted by atomic mass is 10.3. The molecule has 0 saturated heterocycles. The van der Waals surface area contributed by atoms with Crippen LogP contribution in [0, 0.1) is 17.7 Å². The van der Waals surface area contributed by atoms with Crippen LogP contribution in [0.4, 0.5) is 22.0 Å². The Labute approximate surface area is 63.8 Å². The summed E-state index contributed by atoms with van der Waals surface area (Å²) in [4.78, 5) is 2.31. The van der Waals surface area contributed by atoms with E-state index >= 15 is 0 Å². The summed E-state index contributed by atoms with van der Waals surface area (Å²) in [7, 11) is 0. The molecule has 0 spiro atoms. The number of alkyl halides is 2. The molecule has 1 aromatic heterocycles. The maximum absolute atomic E-state index is 12.3. The minimum atomic E-state index is -3.20.